The molecule has 2 heteroatoms. The Bertz CT molecular complexity index is 3640. The van der Waals surface area contributed by atoms with E-state index in [1.165, 1.54) is 82.3 Å². The molecular weight excluding hydrogens is 773 g/mol. The van der Waals surface area contributed by atoms with Crippen molar-refractivity contribution in [1.82, 2.24) is 4.57 Å². The monoisotopic (exact) mass is 814 g/mol. The number of para-hydroxylation sites is 2. The summed E-state index contributed by atoms with van der Waals surface area (Å²) < 4.78 is 2.41. The van der Waals surface area contributed by atoms with Gasteiger partial charge in [0.05, 0.1) is 16.7 Å². The fourth-order valence-electron chi connectivity index (χ4n) is 9.81. The van der Waals surface area contributed by atoms with Crippen LogP contribution in [0.1, 0.15) is 0 Å². The minimum absolute atomic E-state index is 1.07. The molecule has 0 bridgehead atoms. The maximum absolute atomic E-state index is 2.46. The topological polar surface area (TPSA) is 8.17 Å². The summed E-state index contributed by atoms with van der Waals surface area (Å²) in [4.78, 5) is 2.46. The van der Waals surface area contributed by atoms with Crippen LogP contribution in [0.25, 0.3) is 93.5 Å². The number of hydrogen-bond donors (Lipinski definition) is 0. The molecule has 0 saturated carbocycles. The molecule has 12 aromatic rings. The molecule has 0 fully saturated rings. The van der Waals surface area contributed by atoms with E-state index in [1.54, 1.807) is 0 Å². The van der Waals surface area contributed by atoms with E-state index in [0.29, 0.717) is 0 Å². The Morgan fingerprint density at radius 2 is 0.828 bits per heavy atom. The average Bonchev–Trinajstić information content (AvgIpc) is 3.71. The highest BCUT2D eigenvalue weighted by Gasteiger charge is 2.24. The molecule has 11 aromatic carbocycles. The SMILES string of the molecule is c1ccc(-c2ccccc2-c2c(-c3ccccc3)cccc2N(c2ccc(-c3ccc4c(ccc5ccccc54)c3)cc2)c2ccc3c4ccccc4n(-c4ccccc4)c3c2)cc1. The number of hydrogen-bond acceptors (Lipinski definition) is 1. The van der Waals surface area contributed by atoms with Gasteiger partial charge in [0.15, 0.2) is 0 Å². The molecule has 0 radical (unpaired) electrons. The van der Waals surface area contributed by atoms with Crippen LogP contribution in [0.15, 0.2) is 255 Å². The van der Waals surface area contributed by atoms with Gasteiger partial charge in [0.2, 0.25) is 0 Å². The second kappa shape index (κ2) is 15.8. The summed E-state index contributed by atoms with van der Waals surface area (Å²) >= 11 is 0. The van der Waals surface area contributed by atoms with E-state index >= 15 is 0 Å². The molecule has 0 spiro atoms. The van der Waals surface area contributed by atoms with E-state index < -0.39 is 0 Å². The quantitative estimate of drug-likeness (QED) is 0.139. The molecule has 0 atom stereocenters. The fourth-order valence-corrected chi connectivity index (χ4v) is 9.81. The third-order valence-corrected chi connectivity index (χ3v) is 12.8. The van der Waals surface area contributed by atoms with Gasteiger partial charge in [-0.1, -0.05) is 200 Å². The van der Waals surface area contributed by atoms with Crippen LogP contribution in [0, 0.1) is 0 Å². The standard InChI is InChI=1S/C62H42N2/c1-4-17-44(18-5-1)53-25-12-13-27-58(53)62-55(45-19-6-2-7-20-45)28-16-30-60(62)63(51-38-40-57-56-26-14-15-29-59(56)64(61(57)42-51)49-22-8-3-9-23-49)50-36-33-43(34-37-50)47-35-39-54-48(41-47)32-31-46-21-10-11-24-52(46)54/h1-42H. The van der Waals surface area contributed by atoms with Crippen LogP contribution < -0.4 is 4.90 Å². The number of nitrogens with zero attached hydrogens (tertiary/aromatic N) is 2. The normalized spacial score (nSPS) is 11.4. The van der Waals surface area contributed by atoms with Crippen molar-refractivity contribution in [1.29, 1.82) is 0 Å². The first-order chi connectivity index (χ1) is 31.8. The van der Waals surface area contributed by atoms with Gasteiger partial charge in [-0.05, 0) is 115 Å². The van der Waals surface area contributed by atoms with Crippen molar-refractivity contribution < 1.29 is 0 Å². The lowest BCUT2D eigenvalue weighted by Gasteiger charge is -2.30. The maximum Gasteiger partial charge on any atom is 0.0561 e. The molecule has 0 amide bonds. The summed E-state index contributed by atoms with van der Waals surface area (Å²) in [6, 6.07) is 92.8. The molecule has 12 rings (SSSR count). The maximum atomic E-state index is 2.46. The Balaban J connectivity index is 1.10. The van der Waals surface area contributed by atoms with Gasteiger partial charge >= 0.3 is 0 Å². The molecule has 64 heavy (non-hydrogen) atoms. The average molecular weight is 815 g/mol. The Morgan fingerprint density at radius 1 is 0.281 bits per heavy atom. The van der Waals surface area contributed by atoms with E-state index in [0.717, 1.165) is 28.3 Å². The third-order valence-electron chi connectivity index (χ3n) is 12.8. The Kier molecular flexibility index (Phi) is 9.20. The highest BCUT2D eigenvalue weighted by atomic mass is 15.1. The lowest BCUT2D eigenvalue weighted by atomic mass is 9.87. The van der Waals surface area contributed by atoms with Gasteiger partial charge < -0.3 is 9.47 Å². The van der Waals surface area contributed by atoms with Gasteiger partial charge in [-0.25, -0.2) is 0 Å². The Labute approximate surface area is 373 Å². The van der Waals surface area contributed by atoms with Crippen LogP contribution in [-0.4, -0.2) is 4.57 Å². The van der Waals surface area contributed by atoms with E-state index in [2.05, 4.69) is 264 Å². The lowest BCUT2D eigenvalue weighted by molar-refractivity contribution is 1.18. The summed E-state index contributed by atoms with van der Waals surface area (Å²) in [5.74, 6) is 0. The van der Waals surface area contributed by atoms with Crippen LogP contribution in [0.3, 0.4) is 0 Å². The van der Waals surface area contributed by atoms with E-state index in [-0.39, 0.29) is 0 Å². The van der Waals surface area contributed by atoms with Crippen LogP contribution >= 0.6 is 0 Å². The van der Waals surface area contributed by atoms with E-state index in [1.807, 2.05) is 0 Å². The molecule has 0 aliphatic rings. The summed E-state index contributed by atoms with van der Waals surface area (Å²) in [7, 11) is 0. The van der Waals surface area contributed by atoms with E-state index in [9.17, 15) is 0 Å². The van der Waals surface area contributed by atoms with Gasteiger partial charge in [-0.15, -0.1) is 0 Å². The first-order valence-electron chi connectivity index (χ1n) is 22.0. The first kappa shape index (κ1) is 37.3. The van der Waals surface area contributed by atoms with Gasteiger partial charge in [0.1, 0.15) is 0 Å². The Morgan fingerprint density at radius 3 is 1.61 bits per heavy atom. The first-order valence-corrected chi connectivity index (χ1v) is 22.0. The van der Waals surface area contributed by atoms with Crippen molar-refractivity contribution in [2.24, 2.45) is 0 Å². The molecule has 300 valence electrons. The predicted molar refractivity (Wildman–Crippen MR) is 272 cm³/mol. The van der Waals surface area contributed by atoms with Crippen molar-refractivity contribution in [3.63, 3.8) is 0 Å². The highest BCUT2D eigenvalue weighted by Crippen LogP contribution is 2.49. The number of fused-ring (bicyclic) bond motifs is 6. The molecular formula is C62H42N2. The van der Waals surface area contributed by atoms with Crippen molar-refractivity contribution >= 4 is 60.4 Å². The molecule has 0 unspecified atom stereocenters. The van der Waals surface area contributed by atoms with Crippen molar-refractivity contribution in [3.05, 3.63) is 255 Å². The summed E-state index contributed by atoms with van der Waals surface area (Å²) in [5, 5.41) is 7.50. The summed E-state index contributed by atoms with van der Waals surface area (Å²) in [5.41, 5.74) is 16.1. The van der Waals surface area contributed by atoms with Gasteiger partial charge in [0, 0.05) is 33.4 Å². The molecule has 1 heterocycles. The third kappa shape index (κ3) is 6.44. The lowest BCUT2D eigenvalue weighted by Crippen LogP contribution is -2.12. The van der Waals surface area contributed by atoms with Crippen LogP contribution in [-0.2, 0) is 0 Å². The molecule has 1 aromatic heterocycles. The minimum Gasteiger partial charge on any atom is -0.310 e. The zero-order valence-electron chi connectivity index (χ0n) is 35.1. The number of rotatable bonds is 8. The minimum atomic E-state index is 1.07. The summed E-state index contributed by atoms with van der Waals surface area (Å²) in [6.07, 6.45) is 0. The smallest absolute Gasteiger partial charge is 0.0561 e. The number of anilines is 3. The molecule has 0 aliphatic heterocycles. The fraction of sp³-hybridized carbons (Fsp3) is 0. The van der Waals surface area contributed by atoms with E-state index in [4.69, 9.17) is 0 Å². The largest absolute Gasteiger partial charge is 0.310 e. The number of benzene rings is 11. The van der Waals surface area contributed by atoms with Gasteiger partial charge in [-0.3, -0.25) is 0 Å². The van der Waals surface area contributed by atoms with Crippen LogP contribution in [0.4, 0.5) is 17.1 Å². The molecule has 2 nitrogen and oxygen atoms in total. The molecule has 0 N–H and O–H groups in total. The second-order valence-corrected chi connectivity index (χ2v) is 16.5. The van der Waals surface area contributed by atoms with Crippen molar-refractivity contribution in [3.8, 4) is 50.2 Å². The predicted octanol–water partition coefficient (Wildman–Crippen LogP) is 17.2. The molecule has 0 saturated heterocycles. The van der Waals surface area contributed by atoms with Crippen LogP contribution in [0.5, 0.6) is 0 Å². The van der Waals surface area contributed by atoms with Crippen LogP contribution in [0.2, 0.25) is 0 Å². The van der Waals surface area contributed by atoms with Crippen molar-refractivity contribution in [2.45, 2.75) is 0 Å². The highest BCUT2D eigenvalue weighted by molar-refractivity contribution is 6.11. The second-order valence-electron chi connectivity index (χ2n) is 16.5. The summed E-state index contributed by atoms with van der Waals surface area (Å²) in [6.45, 7) is 0. The van der Waals surface area contributed by atoms with Gasteiger partial charge in [0.25, 0.3) is 0 Å². The zero-order valence-corrected chi connectivity index (χ0v) is 35.1. The Hall–Kier alpha value is -8.46. The van der Waals surface area contributed by atoms with Gasteiger partial charge in [-0.2, -0.15) is 0 Å². The molecule has 0 aliphatic carbocycles. The zero-order chi connectivity index (χ0) is 42.4. The van der Waals surface area contributed by atoms with Crippen molar-refractivity contribution in [2.75, 3.05) is 4.90 Å². The number of aromatic nitrogens is 1.